The Labute approximate surface area is 159 Å². The quantitative estimate of drug-likeness (QED) is 0.833. The summed E-state index contributed by atoms with van der Waals surface area (Å²) in [7, 11) is 0. The van der Waals surface area contributed by atoms with Crippen LogP contribution >= 0.6 is 0 Å². The molecule has 1 aromatic carbocycles. The van der Waals surface area contributed by atoms with E-state index in [-0.39, 0.29) is 23.1 Å². The molecule has 1 N–H and O–H groups in total. The van der Waals surface area contributed by atoms with E-state index in [2.05, 4.69) is 5.32 Å². The third-order valence-corrected chi connectivity index (χ3v) is 7.39. The maximum Gasteiger partial charge on any atom is 0.262 e. The summed E-state index contributed by atoms with van der Waals surface area (Å²) in [5, 5.41) is 3.10. The molecule has 142 valence electrons. The van der Waals surface area contributed by atoms with Crippen LogP contribution < -0.4 is 5.32 Å². The standard InChI is InChI=1S/C22H26N2O3/c1-13(24-20(26)17-4-2-3-5-18(17)21(24)27)19(25)23-12-22-9-14-6-15(10-22)8-16(7-14)11-22/h2-5,13-16H,6-12H2,1H3,(H,23,25)/t13-,14?,15?,16?,22?/m1/s1. The van der Waals surface area contributed by atoms with Crippen LogP contribution in [0.25, 0.3) is 0 Å². The molecule has 4 bridgehead atoms. The SMILES string of the molecule is C[C@H](C(=O)NCC12CC3CC(CC(C3)C1)C2)N1C(=O)c2ccccc2C1=O. The highest BCUT2D eigenvalue weighted by atomic mass is 16.2. The number of carbonyl (C=O) groups is 3. The molecule has 4 saturated carbocycles. The van der Waals surface area contributed by atoms with Crippen molar-refractivity contribution in [3.05, 3.63) is 35.4 Å². The molecule has 0 aromatic heterocycles. The second-order valence-electron chi connectivity index (χ2n) is 9.34. The Kier molecular flexibility index (Phi) is 3.72. The molecule has 5 aliphatic rings. The van der Waals surface area contributed by atoms with Gasteiger partial charge < -0.3 is 5.32 Å². The number of nitrogens with one attached hydrogen (secondary N) is 1. The van der Waals surface area contributed by atoms with Gasteiger partial charge in [0.15, 0.2) is 0 Å². The molecular formula is C22H26N2O3. The molecule has 5 heteroatoms. The van der Waals surface area contributed by atoms with Crippen LogP contribution in [0.15, 0.2) is 24.3 Å². The molecule has 1 aromatic rings. The summed E-state index contributed by atoms with van der Waals surface area (Å²) in [6, 6.07) is 5.99. The Morgan fingerprint density at radius 2 is 1.52 bits per heavy atom. The van der Waals surface area contributed by atoms with Crippen molar-refractivity contribution in [1.29, 1.82) is 0 Å². The summed E-state index contributed by atoms with van der Waals surface area (Å²) >= 11 is 0. The minimum atomic E-state index is -0.786. The maximum atomic E-state index is 12.8. The Morgan fingerprint density at radius 1 is 1.04 bits per heavy atom. The van der Waals surface area contributed by atoms with Gasteiger partial charge in [0.1, 0.15) is 6.04 Å². The van der Waals surface area contributed by atoms with Crippen LogP contribution in [-0.2, 0) is 4.79 Å². The number of nitrogens with zero attached hydrogens (tertiary/aromatic N) is 1. The van der Waals surface area contributed by atoms with E-state index in [9.17, 15) is 14.4 Å². The van der Waals surface area contributed by atoms with Crippen molar-refractivity contribution in [3.63, 3.8) is 0 Å². The van der Waals surface area contributed by atoms with Crippen molar-refractivity contribution >= 4 is 17.7 Å². The number of amides is 3. The maximum absolute atomic E-state index is 12.8. The van der Waals surface area contributed by atoms with Crippen LogP contribution in [0, 0.1) is 23.2 Å². The van der Waals surface area contributed by atoms with E-state index in [0.717, 1.165) is 22.7 Å². The fourth-order valence-corrected chi connectivity index (χ4v) is 6.61. The molecule has 0 saturated heterocycles. The molecule has 6 rings (SSSR count). The Bertz CT molecular complexity index is 760. The number of rotatable bonds is 4. The van der Waals surface area contributed by atoms with Gasteiger partial charge in [0, 0.05) is 6.54 Å². The van der Waals surface area contributed by atoms with Crippen molar-refractivity contribution in [2.24, 2.45) is 23.2 Å². The molecule has 4 aliphatic carbocycles. The van der Waals surface area contributed by atoms with Gasteiger partial charge in [-0.2, -0.15) is 0 Å². The summed E-state index contributed by atoms with van der Waals surface area (Å²) in [4.78, 5) is 39.1. The molecule has 0 radical (unpaired) electrons. The van der Waals surface area contributed by atoms with E-state index in [1.54, 1.807) is 31.2 Å². The lowest BCUT2D eigenvalue weighted by atomic mass is 9.49. The molecule has 0 spiro atoms. The number of fused-ring (bicyclic) bond motifs is 1. The van der Waals surface area contributed by atoms with Crippen LogP contribution in [0.5, 0.6) is 0 Å². The first-order valence-corrected chi connectivity index (χ1v) is 10.2. The van der Waals surface area contributed by atoms with Gasteiger partial charge in [-0.15, -0.1) is 0 Å². The van der Waals surface area contributed by atoms with Crippen molar-refractivity contribution in [3.8, 4) is 0 Å². The second-order valence-corrected chi connectivity index (χ2v) is 9.34. The Balaban J connectivity index is 1.27. The predicted octanol–water partition coefficient (Wildman–Crippen LogP) is 3.00. The predicted molar refractivity (Wildman–Crippen MR) is 100 cm³/mol. The van der Waals surface area contributed by atoms with Gasteiger partial charge in [0.05, 0.1) is 11.1 Å². The Hall–Kier alpha value is -2.17. The summed E-state index contributed by atoms with van der Waals surface area (Å²) in [6.07, 6.45) is 7.79. The Morgan fingerprint density at radius 3 is 2.00 bits per heavy atom. The fraction of sp³-hybridized carbons (Fsp3) is 0.591. The normalized spacial score (nSPS) is 34.7. The van der Waals surface area contributed by atoms with Gasteiger partial charge in [-0.1, -0.05) is 12.1 Å². The second kappa shape index (κ2) is 5.91. The van der Waals surface area contributed by atoms with E-state index >= 15 is 0 Å². The van der Waals surface area contributed by atoms with Crippen molar-refractivity contribution in [2.45, 2.75) is 51.5 Å². The number of hydrogen-bond acceptors (Lipinski definition) is 3. The number of hydrogen-bond donors (Lipinski definition) is 1. The van der Waals surface area contributed by atoms with Gasteiger partial charge in [-0.25, -0.2) is 0 Å². The molecule has 4 fully saturated rings. The van der Waals surface area contributed by atoms with E-state index in [4.69, 9.17) is 0 Å². The zero-order chi connectivity index (χ0) is 18.8. The van der Waals surface area contributed by atoms with Crippen LogP contribution in [0.2, 0.25) is 0 Å². The highest BCUT2D eigenvalue weighted by Crippen LogP contribution is 2.59. The monoisotopic (exact) mass is 366 g/mol. The zero-order valence-electron chi connectivity index (χ0n) is 15.7. The topological polar surface area (TPSA) is 66.5 Å². The molecule has 1 heterocycles. The highest BCUT2D eigenvalue weighted by Gasteiger charge is 2.51. The average Bonchev–Trinajstić information content (AvgIpc) is 2.89. The van der Waals surface area contributed by atoms with Gasteiger partial charge in [-0.3, -0.25) is 19.3 Å². The van der Waals surface area contributed by atoms with Gasteiger partial charge >= 0.3 is 0 Å². The van der Waals surface area contributed by atoms with E-state index in [1.165, 1.54) is 38.5 Å². The third kappa shape index (κ3) is 2.62. The molecule has 27 heavy (non-hydrogen) atoms. The molecule has 5 nitrogen and oxygen atoms in total. The molecule has 0 unspecified atom stereocenters. The molecular weight excluding hydrogens is 340 g/mol. The minimum absolute atomic E-state index is 0.222. The van der Waals surface area contributed by atoms with Crippen molar-refractivity contribution < 1.29 is 14.4 Å². The number of imide groups is 1. The van der Waals surface area contributed by atoms with Crippen LogP contribution in [0.1, 0.15) is 66.2 Å². The smallest absolute Gasteiger partial charge is 0.262 e. The first-order chi connectivity index (χ1) is 13.0. The third-order valence-electron chi connectivity index (χ3n) is 7.39. The van der Waals surface area contributed by atoms with Gasteiger partial charge in [-0.05, 0) is 80.8 Å². The molecule has 1 aliphatic heterocycles. The van der Waals surface area contributed by atoms with Crippen molar-refractivity contribution in [2.75, 3.05) is 6.54 Å². The summed E-state index contributed by atoms with van der Waals surface area (Å²) < 4.78 is 0. The summed E-state index contributed by atoms with van der Waals surface area (Å²) in [6.45, 7) is 2.33. The number of benzene rings is 1. The van der Waals surface area contributed by atoms with Gasteiger partial charge in [0.2, 0.25) is 5.91 Å². The van der Waals surface area contributed by atoms with E-state index in [0.29, 0.717) is 17.7 Å². The zero-order valence-corrected chi connectivity index (χ0v) is 15.7. The summed E-state index contributed by atoms with van der Waals surface area (Å²) in [5.41, 5.74) is 1.03. The highest BCUT2D eigenvalue weighted by molar-refractivity contribution is 6.22. The van der Waals surface area contributed by atoms with E-state index in [1.807, 2.05) is 0 Å². The first kappa shape index (κ1) is 17.0. The first-order valence-electron chi connectivity index (χ1n) is 10.2. The molecule has 1 atom stereocenters. The minimum Gasteiger partial charge on any atom is -0.354 e. The molecule has 3 amide bonds. The lowest BCUT2D eigenvalue weighted by Gasteiger charge is -2.57. The lowest BCUT2D eigenvalue weighted by molar-refractivity contribution is -0.126. The fourth-order valence-electron chi connectivity index (χ4n) is 6.61. The lowest BCUT2D eigenvalue weighted by Crippen LogP contribution is -2.54. The van der Waals surface area contributed by atoms with Crippen molar-refractivity contribution in [1.82, 2.24) is 10.2 Å². The average molecular weight is 366 g/mol. The van der Waals surface area contributed by atoms with Crippen LogP contribution in [0.4, 0.5) is 0 Å². The van der Waals surface area contributed by atoms with E-state index < -0.39 is 6.04 Å². The number of carbonyl (C=O) groups excluding carboxylic acids is 3. The van der Waals surface area contributed by atoms with Gasteiger partial charge in [0.25, 0.3) is 11.8 Å². The van der Waals surface area contributed by atoms with Crippen LogP contribution in [0.3, 0.4) is 0 Å². The largest absolute Gasteiger partial charge is 0.354 e. The van der Waals surface area contributed by atoms with Crippen LogP contribution in [-0.4, -0.2) is 35.2 Å². The summed E-state index contributed by atoms with van der Waals surface area (Å²) in [5.74, 6) is 1.55.